The molecular weight excluding hydrogens is 232 g/mol. The lowest BCUT2D eigenvalue weighted by Gasteiger charge is -2.40. The Bertz CT molecular complexity index is 445. The van der Waals surface area contributed by atoms with Crippen LogP contribution in [0.4, 0.5) is 0 Å². The fraction of sp³-hybridized carbons (Fsp3) is 0.833. The van der Waals surface area contributed by atoms with E-state index in [9.17, 15) is 0 Å². The summed E-state index contributed by atoms with van der Waals surface area (Å²) in [7, 11) is 1.83. The van der Waals surface area contributed by atoms with Gasteiger partial charge < -0.3 is 14.8 Å². The van der Waals surface area contributed by atoms with E-state index in [1.165, 1.54) is 0 Å². The standard InChI is InChI=1S/C12H20N4O2/c1-11(2)7-12(8-18-11)10(13-4-5-17-12)9-6-14-16(3)15-9/h6,10,13H,4-5,7-8H2,1-3H3. The quantitative estimate of drug-likeness (QED) is 0.784. The van der Waals surface area contributed by atoms with Gasteiger partial charge in [0, 0.05) is 20.0 Å². The molecule has 3 rings (SSSR count). The van der Waals surface area contributed by atoms with Crippen LogP contribution >= 0.6 is 0 Å². The zero-order chi connectivity index (χ0) is 12.8. The van der Waals surface area contributed by atoms with Gasteiger partial charge in [0.1, 0.15) is 11.3 Å². The Hall–Kier alpha value is -0.980. The van der Waals surface area contributed by atoms with Crippen LogP contribution in [0.1, 0.15) is 32.0 Å². The summed E-state index contributed by atoms with van der Waals surface area (Å²) in [5, 5.41) is 12.1. The van der Waals surface area contributed by atoms with Gasteiger partial charge in [-0.1, -0.05) is 0 Å². The lowest BCUT2D eigenvalue weighted by atomic mass is 9.84. The molecule has 0 bridgehead atoms. The first-order valence-corrected chi connectivity index (χ1v) is 6.38. The summed E-state index contributed by atoms with van der Waals surface area (Å²) in [5.74, 6) is 0. The maximum atomic E-state index is 6.07. The summed E-state index contributed by atoms with van der Waals surface area (Å²) in [6, 6.07) is 0.0572. The first-order chi connectivity index (χ1) is 8.51. The van der Waals surface area contributed by atoms with Gasteiger partial charge in [-0.15, -0.1) is 0 Å². The molecule has 2 fully saturated rings. The van der Waals surface area contributed by atoms with Crippen LogP contribution in [0, 0.1) is 0 Å². The minimum Gasteiger partial charge on any atom is -0.372 e. The van der Waals surface area contributed by atoms with Crippen molar-refractivity contribution < 1.29 is 9.47 Å². The van der Waals surface area contributed by atoms with E-state index in [1.807, 2.05) is 7.05 Å². The van der Waals surface area contributed by atoms with E-state index in [1.54, 1.807) is 11.0 Å². The largest absolute Gasteiger partial charge is 0.372 e. The molecule has 0 aromatic carbocycles. The summed E-state index contributed by atoms with van der Waals surface area (Å²) in [6.07, 6.45) is 2.67. The van der Waals surface area contributed by atoms with Crippen molar-refractivity contribution in [1.82, 2.24) is 20.3 Å². The predicted molar refractivity (Wildman–Crippen MR) is 65.1 cm³/mol. The maximum Gasteiger partial charge on any atom is 0.115 e. The van der Waals surface area contributed by atoms with Gasteiger partial charge >= 0.3 is 0 Å². The maximum absolute atomic E-state index is 6.07. The van der Waals surface area contributed by atoms with Gasteiger partial charge in [-0.25, -0.2) is 0 Å². The molecule has 1 aromatic heterocycles. The summed E-state index contributed by atoms with van der Waals surface area (Å²) in [4.78, 5) is 1.58. The van der Waals surface area contributed by atoms with E-state index in [-0.39, 0.29) is 17.2 Å². The Morgan fingerprint density at radius 2 is 2.28 bits per heavy atom. The zero-order valence-electron chi connectivity index (χ0n) is 11.1. The van der Waals surface area contributed by atoms with Crippen molar-refractivity contribution in [3.05, 3.63) is 11.9 Å². The van der Waals surface area contributed by atoms with Crippen molar-refractivity contribution >= 4 is 0 Å². The van der Waals surface area contributed by atoms with E-state index < -0.39 is 0 Å². The number of rotatable bonds is 1. The predicted octanol–water partition coefficient (Wildman–Crippen LogP) is 0.414. The van der Waals surface area contributed by atoms with E-state index in [2.05, 4.69) is 29.4 Å². The molecule has 2 aliphatic rings. The molecular formula is C12H20N4O2. The SMILES string of the molecule is Cn1ncc(C2NCCOC23COC(C)(C)C3)n1. The van der Waals surface area contributed by atoms with Crippen LogP contribution in [-0.4, -0.2) is 46.0 Å². The van der Waals surface area contributed by atoms with Crippen LogP contribution in [0.2, 0.25) is 0 Å². The molecule has 1 spiro atoms. The molecule has 2 saturated heterocycles. The fourth-order valence-corrected chi connectivity index (χ4v) is 3.01. The van der Waals surface area contributed by atoms with Gasteiger partial charge in [-0.3, -0.25) is 0 Å². The first kappa shape index (κ1) is 12.1. The van der Waals surface area contributed by atoms with Crippen LogP contribution in [0.5, 0.6) is 0 Å². The van der Waals surface area contributed by atoms with Crippen LogP contribution in [0.25, 0.3) is 0 Å². The van der Waals surface area contributed by atoms with Crippen molar-refractivity contribution in [2.24, 2.45) is 7.05 Å². The second-order valence-corrected chi connectivity index (χ2v) is 5.78. The van der Waals surface area contributed by atoms with E-state index in [0.717, 1.165) is 25.3 Å². The lowest BCUT2D eigenvalue weighted by molar-refractivity contribution is -0.100. The summed E-state index contributed by atoms with van der Waals surface area (Å²) < 4.78 is 11.9. The number of nitrogens with zero attached hydrogens (tertiary/aromatic N) is 3. The molecule has 18 heavy (non-hydrogen) atoms. The Morgan fingerprint density at radius 3 is 2.89 bits per heavy atom. The van der Waals surface area contributed by atoms with Gasteiger partial charge in [0.25, 0.3) is 0 Å². The van der Waals surface area contributed by atoms with Crippen LogP contribution in [0.15, 0.2) is 6.20 Å². The molecule has 1 aromatic rings. The molecule has 1 N–H and O–H groups in total. The number of aryl methyl sites for hydroxylation is 1. The number of aromatic nitrogens is 3. The molecule has 6 heteroatoms. The lowest BCUT2D eigenvalue weighted by Crippen LogP contribution is -2.53. The fourth-order valence-electron chi connectivity index (χ4n) is 3.01. The summed E-state index contributed by atoms with van der Waals surface area (Å²) in [5.41, 5.74) is 0.482. The summed E-state index contributed by atoms with van der Waals surface area (Å²) >= 11 is 0. The third-order valence-electron chi connectivity index (χ3n) is 3.71. The molecule has 2 atom stereocenters. The number of hydrogen-bond acceptors (Lipinski definition) is 5. The molecule has 2 unspecified atom stereocenters. The normalized spacial score (nSPS) is 35.2. The van der Waals surface area contributed by atoms with E-state index >= 15 is 0 Å². The second-order valence-electron chi connectivity index (χ2n) is 5.78. The monoisotopic (exact) mass is 252 g/mol. The van der Waals surface area contributed by atoms with Crippen molar-refractivity contribution in [3.8, 4) is 0 Å². The highest BCUT2D eigenvalue weighted by molar-refractivity contribution is 5.14. The highest BCUT2D eigenvalue weighted by Gasteiger charge is 2.53. The summed E-state index contributed by atoms with van der Waals surface area (Å²) in [6.45, 7) is 6.37. The molecule has 2 aliphatic heterocycles. The average Bonchev–Trinajstić information content (AvgIpc) is 2.85. The van der Waals surface area contributed by atoms with Crippen molar-refractivity contribution in [3.63, 3.8) is 0 Å². The van der Waals surface area contributed by atoms with Crippen LogP contribution < -0.4 is 5.32 Å². The van der Waals surface area contributed by atoms with E-state index in [0.29, 0.717) is 6.61 Å². The number of hydrogen-bond donors (Lipinski definition) is 1. The molecule has 0 aliphatic carbocycles. The Balaban J connectivity index is 1.91. The van der Waals surface area contributed by atoms with Gasteiger partial charge in [0.05, 0.1) is 31.1 Å². The Kier molecular flexibility index (Phi) is 2.69. The molecule has 0 radical (unpaired) electrons. The number of ether oxygens (including phenoxy) is 2. The number of morpholine rings is 1. The molecule has 0 amide bonds. The molecule has 3 heterocycles. The number of nitrogens with one attached hydrogen (secondary N) is 1. The van der Waals surface area contributed by atoms with Gasteiger partial charge in [-0.05, 0) is 13.8 Å². The van der Waals surface area contributed by atoms with Crippen molar-refractivity contribution in [2.45, 2.75) is 37.5 Å². The topological polar surface area (TPSA) is 61.2 Å². The Labute approximate surface area is 107 Å². The van der Waals surface area contributed by atoms with Crippen LogP contribution in [0.3, 0.4) is 0 Å². The minimum atomic E-state index is -0.308. The van der Waals surface area contributed by atoms with Gasteiger partial charge in [0.15, 0.2) is 0 Å². The Morgan fingerprint density at radius 1 is 1.44 bits per heavy atom. The average molecular weight is 252 g/mol. The smallest absolute Gasteiger partial charge is 0.115 e. The zero-order valence-corrected chi connectivity index (χ0v) is 11.1. The van der Waals surface area contributed by atoms with Gasteiger partial charge in [0.2, 0.25) is 0 Å². The molecule has 6 nitrogen and oxygen atoms in total. The van der Waals surface area contributed by atoms with Crippen LogP contribution in [-0.2, 0) is 16.5 Å². The highest BCUT2D eigenvalue weighted by Crippen LogP contribution is 2.43. The third kappa shape index (κ3) is 1.94. The van der Waals surface area contributed by atoms with E-state index in [4.69, 9.17) is 9.47 Å². The van der Waals surface area contributed by atoms with Crippen molar-refractivity contribution in [1.29, 1.82) is 0 Å². The highest BCUT2D eigenvalue weighted by atomic mass is 16.6. The van der Waals surface area contributed by atoms with Gasteiger partial charge in [-0.2, -0.15) is 15.0 Å². The second kappa shape index (κ2) is 4.01. The first-order valence-electron chi connectivity index (χ1n) is 6.38. The van der Waals surface area contributed by atoms with Crippen molar-refractivity contribution in [2.75, 3.05) is 19.8 Å². The minimum absolute atomic E-state index is 0.0572. The third-order valence-corrected chi connectivity index (χ3v) is 3.71. The molecule has 100 valence electrons. The molecule has 0 saturated carbocycles.